The van der Waals surface area contributed by atoms with Crippen molar-refractivity contribution in [3.8, 4) is 0 Å². The third kappa shape index (κ3) is 8.68. The van der Waals surface area contributed by atoms with Gasteiger partial charge in [-0.05, 0) is 48.8 Å². The fourth-order valence-electron chi connectivity index (χ4n) is 5.74. The maximum atomic E-state index is 13.8. The smallest absolute Gasteiger partial charge is 0.224 e. The van der Waals surface area contributed by atoms with Crippen molar-refractivity contribution < 1.29 is 14.4 Å². The quantitative estimate of drug-likeness (QED) is 0.201. The van der Waals surface area contributed by atoms with E-state index in [-0.39, 0.29) is 29.9 Å². The lowest BCUT2D eigenvalue weighted by Crippen LogP contribution is -2.45. The number of Topliss-reactive ketones (excluding diaryl/α,β-unsaturated/α-hetero) is 2. The molecular weight excluding hydrogens is 532 g/mol. The van der Waals surface area contributed by atoms with Gasteiger partial charge in [0.2, 0.25) is 5.91 Å². The third-order valence-electron chi connectivity index (χ3n) is 8.34. The maximum absolute atomic E-state index is 13.8. The van der Waals surface area contributed by atoms with Crippen molar-refractivity contribution in [1.82, 2.24) is 19.9 Å². The highest BCUT2D eigenvalue weighted by molar-refractivity contribution is 7.18. The largest absolute Gasteiger partial charge is 0.353 e. The molecule has 1 fully saturated rings. The lowest BCUT2D eigenvalue weighted by atomic mass is 9.81. The minimum atomic E-state index is -0.481. The summed E-state index contributed by atoms with van der Waals surface area (Å²) < 4.78 is 2.95. The summed E-state index contributed by atoms with van der Waals surface area (Å²) in [6, 6.07) is 6.25. The molecule has 0 radical (unpaired) electrons. The van der Waals surface area contributed by atoms with Crippen LogP contribution in [-0.4, -0.2) is 38.1 Å². The number of fused-ring (bicyclic) bond motifs is 1. The maximum Gasteiger partial charge on any atom is 0.224 e. The van der Waals surface area contributed by atoms with Gasteiger partial charge in [-0.15, -0.1) is 11.3 Å². The SMILES string of the molecule is C=C(Cn1ccnc1)C(=O)CC[C@@H](NC(=O)[C@@H](CC(=O)CC)Cc1nc2ccc(C(C)C)cc2s1)C1CCCCC1. The Hall–Kier alpha value is -3.13. The van der Waals surface area contributed by atoms with Gasteiger partial charge in [-0.1, -0.05) is 52.7 Å². The monoisotopic (exact) mass is 576 g/mol. The van der Waals surface area contributed by atoms with Gasteiger partial charge in [0.05, 0.1) is 34.0 Å². The summed E-state index contributed by atoms with van der Waals surface area (Å²) in [5.74, 6) is 0.272. The second-order valence-electron chi connectivity index (χ2n) is 11.8. The van der Waals surface area contributed by atoms with Gasteiger partial charge in [-0.3, -0.25) is 14.4 Å². The minimum absolute atomic E-state index is 0.0155. The first kappa shape index (κ1) is 30.8. The number of benzene rings is 1. The Labute approximate surface area is 247 Å². The molecule has 0 aliphatic heterocycles. The number of rotatable bonds is 15. The number of hydrogen-bond donors (Lipinski definition) is 1. The van der Waals surface area contributed by atoms with Gasteiger partial charge in [-0.25, -0.2) is 9.97 Å². The average molecular weight is 577 g/mol. The van der Waals surface area contributed by atoms with Crippen molar-refractivity contribution in [2.45, 2.75) is 103 Å². The Morgan fingerprint density at radius 3 is 2.63 bits per heavy atom. The normalized spacial score (nSPS) is 15.6. The summed E-state index contributed by atoms with van der Waals surface area (Å²) in [7, 11) is 0. The molecule has 1 aromatic carbocycles. The summed E-state index contributed by atoms with van der Waals surface area (Å²) in [6.07, 6.45) is 12.7. The molecule has 1 aliphatic carbocycles. The fourth-order valence-corrected chi connectivity index (χ4v) is 6.83. The first-order valence-corrected chi connectivity index (χ1v) is 15.9. The van der Waals surface area contributed by atoms with Crippen LogP contribution in [-0.2, 0) is 27.3 Å². The number of imidazole rings is 1. The van der Waals surface area contributed by atoms with Crippen molar-refractivity contribution in [1.29, 1.82) is 0 Å². The van der Waals surface area contributed by atoms with E-state index in [1.54, 1.807) is 23.9 Å². The Morgan fingerprint density at radius 2 is 1.95 bits per heavy atom. The number of hydrogen-bond acceptors (Lipinski definition) is 6. The predicted octanol–water partition coefficient (Wildman–Crippen LogP) is 6.81. The number of nitrogens with one attached hydrogen (secondary N) is 1. The Balaban J connectivity index is 1.46. The van der Waals surface area contributed by atoms with Crippen LogP contribution in [0.4, 0.5) is 0 Å². The van der Waals surface area contributed by atoms with Crippen molar-refractivity contribution in [2.75, 3.05) is 0 Å². The standard InChI is InChI=1S/C33H44N4O3S/c1-5-27(38)17-26(19-32-35-29-12-11-25(22(2)3)18-31(29)41-32)33(40)36-28(24-9-7-6-8-10-24)13-14-30(39)23(4)20-37-16-15-34-21-37/h11-12,15-16,18,21-22,24,26,28H,4-10,13-14,17,19-20H2,1-3H3,(H,36,40)/t26-,28+/m0/s1. The molecule has 0 unspecified atom stereocenters. The molecule has 220 valence electrons. The van der Waals surface area contributed by atoms with Crippen LogP contribution in [0.5, 0.6) is 0 Å². The highest BCUT2D eigenvalue weighted by Gasteiger charge is 2.30. The number of allylic oxidation sites excluding steroid dienone is 1. The van der Waals surface area contributed by atoms with E-state index in [2.05, 4.69) is 42.9 Å². The molecule has 2 atom stereocenters. The molecule has 1 aliphatic rings. The van der Waals surface area contributed by atoms with E-state index in [1.807, 2.05) is 23.8 Å². The van der Waals surface area contributed by atoms with Gasteiger partial charge in [0.25, 0.3) is 0 Å². The predicted molar refractivity (Wildman–Crippen MR) is 165 cm³/mol. The van der Waals surface area contributed by atoms with E-state index in [4.69, 9.17) is 4.98 Å². The van der Waals surface area contributed by atoms with E-state index in [0.29, 0.717) is 49.6 Å². The molecule has 1 amide bonds. The lowest BCUT2D eigenvalue weighted by Gasteiger charge is -2.32. The Bertz CT molecular complexity index is 1340. The first-order chi connectivity index (χ1) is 19.7. The molecule has 2 heterocycles. The van der Waals surface area contributed by atoms with E-state index in [1.165, 1.54) is 12.0 Å². The lowest BCUT2D eigenvalue weighted by molar-refractivity contribution is -0.130. The molecule has 0 bridgehead atoms. The summed E-state index contributed by atoms with van der Waals surface area (Å²) in [6.45, 7) is 10.6. The molecule has 8 heteroatoms. The molecule has 2 aromatic heterocycles. The molecule has 4 rings (SSSR count). The van der Waals surface area contributed by atoms with Crippen LogP contribution >= 0.6 is 11.3 Å². The topological polar surface area (TPSA) is 94.0 Å². The second-order valence-corrected chi connectivity index (χ2v) is 12.9. The average Bonchev–Trinajstić information content (AvgIpc) is 3.63. The Morgan fingerprint density at radius 1 is 1.17 bits per heavy atom. The molecule has 7 nitrogen and oxygen atoms in total. The first-order valence-electron chi connectivity index (χ1n) is 15.1. The summed E-state index contributed by atoms with van der Waals surface area (Å²) in [5, 5.41) is 4.20. The van der Waals surface area contributed by atoms with Gasteiger partial charge in [-0.2, -0.15) is 0 Å². The number of nitrogens with zero attached hydrogens (tertiary/aromatic N) is 3. The van der Waals surface area contributed by atoms with Gasteiger partial charge in [0.15, 0.2) is 5.78 Å². The van der Waals surface area contributed by atoms with Crippen LogP contribution in [0, 0.1) is 11.8 Å². The number of carbonyl (C=O) groups excluding carboxylic acids is 3. The molecule has 1 saturated carbocycles. The van der Waals surface area contributed by atoms with Gasteiger partial charge < -0.3 is 9.88 Å². The molecule has 1 N–H and O–H groups in total. The fraction of sp³-hybridized carbons (Fsp3) is 0.545. The molecule has 3 aromatic rings. The van der Waals surface area contributed by atoms with Gasteiger partial charge in [0, 0.05) is 49.7 Å². The summed E-state index contributed by atoms with van der Waals surface area (Å²) in [4.78, 5) is 48.2. The zero-order valence-corrected chi connectivity index (χ0v) is 25.5. The van der Waals surface area contributed by atoms with Crippen LogP contribution in [0.2, 0.25) is 0 Å². The number of aromatic nitrogens is 3. The van der Waals surface area contributed by atoms with Crippen LogP contribution < -0.4 is 5.32 Å². The van der Waals surface area contributed by atoms with E-state index < -0.39 is 5.92 Å². The molecule has 41 heavy (non-hydrogen) atoms. The molecule has 0 saturated heterocycles. The number of ketones is 2. The summed E-state index contributed by atoms with van der Waals surface area (Å²) in [5.41, 5.74) is 2.74. The number of carbonyl (C=O) groups is 3. The zero-order chi connectivity index (χ0) is 29.4. The van der Waals surface area contributed by atoms with Crippen LogP contribution in [0.25, 0.3) is 10.2 Å². The van der Waals surface area contributed by atoms with E-state index >= 15 is 0 Å². The van der Waals surface area contributed by atoms with Crippen molar-refractivity contribution in [2.24, 2.45) is 11.8 Å². The highest BCUT2D eigenvalue weighted by atomic mass is 32.1. The van der Waals surface area contributed by atoms with Crippen LogP contribution in [0.3, 0.4) is 0 Å². The Kier molecular flexibility index (Phi) is 11.0. The van der Waals surface area contributed by atoms with E-state index in [9.17, 15) is 14.4 Å². The van der Waals surface area contributed by atoms with Crippen molar-refractivity contribution in [3.63, 3.8) is 0 Å². The second kappa shape index (κ2) is 14.7. The molecule has 0 spiro atoms. The third-order valence-corrected chi connectivity index (χ3v) is 9.38. The van der Waals surface area contributed by atoms with Crippen LogP contribution in [0.1, 0.15) is 95.0 Å². The van der Waals surface area contributed by atoms with Gasteiger partial charge >= 0.3 is 0 Å². The van der Waals surface area contributed by atoms with Crippen molar-refractivity contribution in [3.05, 3.63) is 59.6 Å². The van der Waals surface area contributed by atoms with Crippen LogP contribution in [0.15, 0.2) is 49.1 Å². The van der Waals surface area contributed by atoms with Gasteiger partial charge in [0.1, 0.15) is 5.78 Å². The molecular formula is C33H44N4O3S. The van der Waals surface area contributed by atoms with Crippen molar-refractivity contribution >= 4 is 39.0 Å². The highest BCUT2D eigenvalue weighted by Crippen LogP contribution is 2.31. The number of amides is 1. The summed E-state index contributed by atoms with van der Waals surface area (Å²) >= 11 is 1.61. The minimum Gasteiger partial charge on any atom is -0.353 e. The number of thiazole rings is 1. The zero-order valence-electron chi connectivity index (χ0n) is 24.7. The van der Waals surface area contributed by atoms with E-state index in [0.717, 1.165) is 40.9 Å².